The quantitative estimate of drug-likeness (QED) is 0.891. The third kappa shape index (κ3) is 4.91. The summed E-state index contributed by atoms with van der Waals surface area (Å²) in [7, 11) is 0. The number of amides is 1. The van der Waals surface area contributed by atoms with Crippen LogP contribution in [0.5, 0.6) is 0 Å². The highest BCUT2D eigenvalue weighted by molar-refractivity contribution is 9.10. The van der Waals surface area contributed by atoms with Crippen LogP contribution in [0.2, 0.25) is 0 Å². The molecular formula is C14H20BrFN2O. The number of carbonyl (C=O) groups excluding carboxylic acids is 1. The SMILES string of the molecule is CC(C)(C)[C@H](N)C(=O)NCCc1cc(Br)ccc1F. The summed E-state index contributed by atoms with van der Waals surface area (Å²) >= 11 is 3.29. The predicted octanol–water partition coefficient (Wildman–Crippen LogP) is 2.62. The molecule has 0 unspecified atom stereocenters. The second-order valence-corrected chi connectivity index (χ2v) is 6.54. The smallest absolute Gasteiger partial charge is 0.237 e. The highest BCUT2D eigenvalue weighted by Crippen LogP contribution is 2.18. The van der Waals surface area contributed by atoms with Crippen LogP contribution in [-0.4, -0.2) is 18.5 Å². The standard InChI is InChI=1S/C14H20BrFN2O/c1-14(2,3)12(17)13(19)18-7-6-9-8-10(15)4-5-11(9)16/h4-5,8,12H,6-7,17H2,1-3H3,(H,18,19)/t12-/m1/s1. The average molecular weight is 331 g/mol. The average Bonchev–Trinajstić information content (AvgIpc) is 2.31. The molecule has 0 saturated carbocycles. The van der Waals surface area contributed by atoms with Gasteiger partial charge >= 0.3 is 0 Å². The van der Waals surface area contributed by atoms with Gasteiger partial charge in [-0.05, 0) is 35.6 Å². The van der Waals surface area contributed by atoms with E-state index in [-0.39, 0.29) is 17.1 Å². The first-order chi connectivity index (χ1) is 8.71. The van der Waals surface area contributed by atoms with Crippen LogP contribution in [0.3, 0.4) is 0 Å². The van der Waals surface area contributed by atoms with Crippen LogP contribution >= 0.6 is 15.9 Å². The van der Waals surface area contributed by atoms with Crippen molar-refractivity contribution in [1.82, 2.24) is 5.32 Å². The molecule has 19 heavy (non-hydrogen) atoms. The molecule has 5 heteroatoms. The molecule has 3 N–H and O–H groups in total. The fourth-order valence-electron chi connectivity index (χ4n) is 1.56. The molecule has 0 saturated heterocycles. The third-order valence-electron chi connectivity index (χ3n) is 2.92. The number of carbonyl (C=O) groups is 1. The van der Waals surface area contributed by atoms with Gasteiger partial charge in [0.1, 0.15) is 5.82 Å². The lowest BCUT2D eigenvalue weighted by Gasteiger charge is -2.25. The Balaban J connectivity index is 2.51. The van der Waals surface area contributed by atoms with Gasteiger partial charge in [-0.25, -0.2) is 4.39 Å². The number of benzene rings is 1. The summed E-state index contributed by atoms with van der Waals surface area (Å²) < 4.78 is 14.3. The molecule has 0 fully saturated rings. The van der Waals surface area contributed by atoms with Crippen molar-refractivity contribution in [2.45, 2.75) is 33.2 Å². The minimum atomic E-state index is -0.570. The zero-order chi connectivity index (χ0) is 14.6. The monoisotopic (exact) mass is 330 g/mol. The van der Waals surface area contributed by atoms with Gasteiger partial charge in [-0.15, -0.1) is 0 Å². The Labute approximate surface area is 121 Å². The summed E-state index contributed by atoms with van der Waals surface area (Å²) in [5.41, 5.74) is 6.12. The van der Waals surface area contributed by atoms with Crippen molar-refractivity contribution in [3.05, 3.63) is 34.1 Å². The van der Waals surface area contributed by atoms with Crippen molar-refractivity contribution >= 4 is 21.8 Å². The Bertz CT molecular complexity index is 457. The summed E-state index contributed by atoms with van der Waals surface area (Å²) in [6.07, 6.45) is 0.438. The maximum Gasteiger partial charge on any atom is 0.237 e. The first-order valence-corrected chi connectivity index (χ1v) is 6.98. The van der Waals surface area contributed by atoms with Crippen LogP contribution in [0.4, 0.5) is 4.39 Å². The Kier molecular flexibility index (Phi) is 5.50. The molecule has 1 aromatic rings. The van der Waals surface area contributed by atoms with Crippen molar-refractivity contribution in [1.29, 1.82) is 0 Å². The van der Waals surface area contributed by atoms with Crippen LogP contribution in [0.25, 0.3) is 0 Å². The van der Waals surface area contributed by atoms with Gasteiger partial charge < -0.3 is 11.1 Å². The summed E-state index contributed by atoms with van der Waals surface area (Å²) in [5, 5.41) is 2.74. The van der Waals surface area contributed by atoms with Crippen LogP contribution in [0.1, 0.15) is 26.3 Å². The first kappa shape index (κ1) is 16.1. The lowest BCUT2D eigenvalue weighted by molar-refractivity contribution is -0.124. The van der Waals surface area contributed by atoms with Gasteiger partial charge in [0.15, 0.2) is 0 Å². The van der Waals surface area contributed by atoms with E-state index in [9.17, 15) is 9.18 Å². The highest BCUT2D eigenvalue weighted by Gasteiger charge is 2.26. The second-order valence-electron chi connectivity index (χ2n) is 5.62. The first-order valence-electron chi connectivity index (χ1n) is 6.19. The molecule has 0 aliphatic rings. The van der Waals surface area contributed by atoms with Crippen molar-refractivity contribution in [3.63, 3.8) is 0 Å². The van der Waals surface area contributed by atoms with E-state index in [4.69, 9.17) is 5.73 Å². The zero-order valence-corrected chi connectivity index (χ0v) is 13.1. The maximum atomic E-state index is 13.5. The molecule has 1 amide bonds. The van der Waals surface area contributed by atoms with Gasteiger partial charge in [0.05, 0.1) is 6.04 Å². The topological polar surface area (TPSA) is 55.1 Å². The molecule has 0 heterocycles. The van der Waals surface area contributed by atoms with Crippen LogP contribution in [0, 0.1) is 11.2 Å². The number of hydrogen-bond donors (Lipinski definition) is 2. The lowest BCUT2D eigenvalue weighted by atomic mass is 9.87. The Morgan fingerprint density at radius 1 is 1.47 bits per heavy atom. The van der Waals surface area contributed by atoms with E-state index in [1.165, 1.54) is 6.07 Å². The predicted molar refractivity (Wildman–Crippen MR) is 78.2 cm³/mol. The van der Waals surface area contributed by atoms with Gasteiger partial charge in [0.2, 0.25) is 5.91 Å². The lowest BCUT2D eigenvalue weighted by Crippen LogP contribution is -2.49. The number of hydrogen-bond acceptors (Lipinski definition) is 2. The molecule has 0 aliphatic heterocycles. The molecule has 0 radical (unpaired) electrons. The highest BCUT2D eigenvalue weighted by atomic mass is 79.9. The van der Waals surface area contributed by atoms with Crippen LogP contribution in [0.15, 0.2) is 22.7 Å². The molecule has 0 aromatic heterocycles. The minimum Gasteiger partial charge on any atom is -0.354 e. The third-order valence-corrected chi connectivity index (χ3v) is 3.41. The Morgan fingerprint density at radius 2 is 2.11 bits per heavy atom. The van der Waals surface area contributed by atoms with Crippen molar-refractivity contribution in [2.75, 3.05) is 6.54 Å². The van der Waals surface area contributed by atoms with E-state index in [1.54, 1.807) is 12.1 Å². The molecule has 106 valence electrons. The Hall–Kier alpha value is -0.940. The maximum absolute atomic E-state index is 13.5. The van der Waals surface area contributed by atoms with Gasteiger partial charge in [-0.1, -0.05) is 36.7 Å². The molecule has 1 rings (SSSR count). The van der Waals surface area contributed by atoms with Gasteiger partial charge in [0.25, 0.3) is 0 Å². The Morgan fingerprint density at radius 3 is 2.68 bits per heavy atom. The van der Waals surface area contributed by atoms with Gasteiger partial charge in [-0.2, -0.15) is 0 Å². The van der Waals surface area contributed by atoms with Gasteiger partial charge in [0, 0.05) is 11.0 Å². The van der Waals surface area contributed by atoms with E-state index in [2.05, 4.69) is 21.2 Å². The van der Waals surface area contributed by atoms with E-state index in [1.807, 2.05) is 20.8 Å². The zero-order valence-electron chi connectivity index (χ0n) is 11.5. The molecule has 1 atom stereocenters. The normalized spacial score (nSPS) is 13.2. The largest absolute Gasteiger partial charge is 0.354 e. The van der Waals surface area contributed by atoms with Crippen molar-refractivity contribution in [2.24, 2.45) is 11.1 Å². The van der Waals surface area contributed by atoms with E-state index in [0.717, 1.165) is 4.47 Å². The molecule has 0 bridgehead atoms. The van der Waals surface area contributed by atoms with E-state index >= 15 is 0 Å². The van der Waals surface area contributed by atoms with E-state index in [0.29, 0.717) is 18.5 Å². The molecule has 0 spiro atoms. The second kappa shape index (κ2) is 6.48. The van der Waals surface area contributed by atoms with Gasteiger partial charge in [-0.3, -0.25) is 4.79 Å². The molecule has 1 aromatic carbocycles. The van der Waals surface area contributed by atoms with Crippen molar-refractivity contribution < 1.29 is 9.18 Å². The molecule has 3 nitrogen and oxygen atoms in total. The number of halogens is 2. The number of nitrogens with two attached hydrogens (primary N) is 1. The molecule has 0 aliphatic carbocycles. The summed E-state index contributed by atoms with van der Waals surface area (Å²) in [6, 6.07) is 4.19. The van der Waals surface area contributed by atoms with Crippen LogP contribution < -0.4 is 11.1 Å². The summed E-state index contributed by atoms with van der Waals surface area (Å²) in [4.78, 5) is 11.8. The fraction of sp³-hybridized carbons (Fsp3) is 0.500. The summed E-state index contributed by atoms with van der Waals surface area (Å²) in [5.74, 6) is -0.472. The number of rotatable bonds is 4. The number of nitrogens with one attached hydrogen (secondary N) is 1. The van der Waals surface area contributed by atoms with Crippen LogP contribution in [-0.2, 0) is 11.2 Å². The fourth-order valence-corrected chi connectivity index (χ4v) is 1.97. The summed E-state index contributed by atoms with van der Waals surface area (Å²) in [6.45, 7) is 6.09. The molecular weight excluding hydrogens is 311 g/mol. The minimum absolute atomic E-state index is 0.206. The van der Waals surface area contributed by atoms with E-state index < -0.39 is 6.04 Å². The van der Waals surface area contributed by atoms with Crippen molar-refractivity contribution in [3.8, 4) is 0 Å².